The lowest BCUT2D eigenvalue weighted by Gasteiger charge is -2.39. The number of piperidine rings is 1. The van der Waals surface area contributed by atoms with Crippen LogP contribution in [0.15, 0.2) is 29.2 Å². The number of piperazine rings is 1. The minimum absolute atomic E-state index is 0.0202. The Morgan fingerprint density at radius 1 is 1.11 bits per heavy atom. The Kier molecular flexibility index (Phi) is 7.96. The molecule has 1 unspecified atom stereocenters. The zero-order valence-corrected chi connectivity index (χ0v) is 22.5. The van der Waals surface area contributed by atoms with Gasteiger partial charge in [0.15, 0.2) is 0 Å². The number of aryl methyl sites for hydroxylation is 2. The molecule has 11 heteroatoms. The molecule has 2 fully saturated rings. The van der Waals surface area contributed by atoms with Gasteiger partial charge in [-0.15, -0.1) is 0 Å². The Hall–Kier alpha value is -2.56. The summed E-state index contributed by atoms with van der Waals surface area (Å²) in [5.41, 5.74) is 1.91. The van der Waals surface area contributed by atoms with Gasteiger partial charge in [-0.1, -0.05) is 17.7 Å². The average molecular weight is 537 g/mol. The van der Waals surface area contributed by atoms with Crippen molar-refractivity contribution >= 4 is 39.2 Å². The van der Waals surface area contributed by atoms with E-state index in [1.165, 1.54) is 4.31 Å². The van der Waals surface area contributed by atoms with Crippen molar-refractivity contribution in [2.75, 3.05) is 50.8 Å². The van der Waals surface area contributed by atoms with Crippen LogP contribution in [0.5, 0.6) is 0 Å². The van der Waals surface area contributed by atoms with Gasteiger partial charge in [0.1, 0.15) is 10.5 Å². The number of benzene rings is 1. The number of carbonyl (C=O) groups excluding carboxylic acids is 2. The molecule has 0 spiro atoms. The van der Waals surface area contributed by atoms with E-state index in [1.54, 1.807) is 20.8 Å². The lowest BCUT2D eigenvalue weighted by molar-refractivity contribution is -0.137. The highest BCUT2D eigenvalue weighted by Crippen LogP contribution is 2.31. The van der Waals surface area contributed by atoms with Gasteiger partial charge in [-0.2, -0.15) is 4.31 Å². The van der Waals surface area contributed by atoms with Crippen molar-refractivity contribution in [3.8, 4) is 0 Å². The third-order valence-corrected chi connectivity index (χ3v) is 9.17. The van der Waals surface area contributed by atoms with Crippen molar-refractivity contribution in [3.05, 3.63) is 46.2 Å². The maximum atomic E-state index is 13.7. The number of rotatable bonds is 6. The molecule has 9 nitrogen and oxygen atoms in total. The van der Waals surface area contributed by atoms with Crippen LogP contribution in [-0.2, 0) is 19.6 Å². The van der Waals surface area contributed by atoms with Crippen molar-refractivity contribution in [2.24, 2.45) is 5.92 Å². The Morgan fingerprint density at radius 2 is 1.83 bits per heavy atom. The maximum Gasteiger partial charge on any atom is 0.341 e. The molecule has 0 saturated carbocycles. The molecule has 0 bridgehead atoms. The van der Waals surface area contributed by atoms with Crippen LogP contribution in [0.3, 0.4) is 0 Å². The minimum Gasteiger partial charge on any atom is -0.462 e. The summed E-state index contributed by atoms with van der Waals surface area (Å²) in [7, 11) is -4.00. The maximum absolute atomic E-state index is 13.7. The lowest BCUT2D eigenvalue weighted by atomic mass is 9.97. The number of amides is 1. The molecular weight excluding hydrogens is 504 g/mol. The summed E-state index contributed by atoms with van der Waals surface area (Å²) in [6.07, 6.45) is 1.21. The number of hydrogen-bond donors (Lipinski definition) is 1. The highest BCUT2D eigenvalue weighted by molar-refractivity contribution is 7.89. The van der Waals surface area contributed by atoms with Crippen molar-refractivity contribution in [2.45, 2.75) is 38.5 Å². The second-order valence-corrected chi connectivity index (χ2v) is 11.6. The first-order chi connectivity index (χ1) is 17.1. The summed E-state index contributed by atoms with van der Waals surface area (Å²) in [5, 5.41) is 0.675. The molecule has 2 aliphatic heterocycles. The van der Waals surface area contributed by atoms with Gasteiger partial charge < -0.3 is 19.5 Å². The van der Waals surface area contributed by atoms with Crippen LogP contribution in [0, 0.1) is 19.8 Å². The quantitative estimate of drug-likeness (QED) is 0.569. The third-order valence-electron chi connectivity index (χ3n) is 6.89. The van der Waals surface area contributed by atoms with Crippen molar-refractivity contribution in [1.82, 2.24) is 14.2 Å². The van der Waals surface area contributed by atoms with Crippen molar-refractivity contribution in [3.63, 3.8) is 0 Å². The number of aromatic amines is 1. The van der Waals surface area contributed by atoms with Gasteiger partial charge >= 0.3 is 5.97 Å². The number of nitrogens with zero attached hydrogens (tertiary/aromatic N) is 3. The predicted molar refractivity (Wildman–Crippen MR) is 138 cm³/mol. The number of nitrogens with one attached hydrogen (secondary N) is 1. The summed E-state index contributed by atoms with van der Waals surface area (Å²) >= 11 is 6.12. The number of H-pyrrole nitrogens is 1. The first-order valence-corrected chi connectivity index (χ1v) is 14.1. The van der Waals surface area contributed by atoms with Gasteiger partial charge in [-0.25, -0.2) is 13.2 Å². The molecular formula is C25H33ClN4O5S. The second-order valence-electron chi connectivity index (χ2n) is 9.29. The molecule has 1 atom stereocenters. The van der Waals surface area contributed by atoms with Crippen LogP contribution in [0.2, 0.25) is 5.02 Å². The topological polar surface area (TPSA) is 103 Å². The van der Waals surface area contributed by atoms with Crippen LogP contribution >= 0.6 is 11.6 Å². The van der Waals surface area contributed by atoms with Crippen LogP contribution < -0.4 is 4.90 Å². The van der Waals surface area contributed by atoms with Crippen molar-refractivity contribution in [1.29, 1.82) is 0 Å². The van der Waals surface area contributed by atoms with E-state index >= 15 is 0 Å². The number of halogens is 1. The monoisotopic (exact) mass is 536 g/mol. The lowest BCUT2D eigenvalue weighted by Crippen LogP contribution is -2.53. The van der Waals surface area contributed by atoms with E-state index in [2.05, 4.69) is 9.88 Å². The van der Waals surface area contributed by atoms with E-state index in [-0.39, 0.29) is 29.5 Å². The fourth-order valence-electron chi connectivity index (χ4n) is 5.14. The fraction of sp³-hybridized carbons (Fsp3) is 0.520. The smallest absolute Gasteiger partial charge is 0.341 e. The zero-order valence-electron chi connectivity index (χ0n) is 20.9. The average Bonchev–Trinajstić information content (AvgIpc) is 3.18. The predicted octanol–water partition coefficient (Wildman–Crippen LogP) is 3.21. The number of hydrogen-bond acceptors (Lipinski definition) is 6. The number of esters is 1. The van der Waals surface area contributed by atoms with E-state index in [4.69, 9.17) is 16.3 Å². The van der Waals surface area contributed by atoms with E-state index in [0.717, 1.165) is 5.69 Å². The molecule has 1 amide bonds. The van der Waals surface area contributed by atoms with Gasteiger partial charge in [-0.05, 0) is 51.8 Å². The summed E-state index contributed by atoms with van der Waals surface area (Å²) in [6.45, 7) is 8.02. The molecule has 2 aliphatic rings. The molecule has 36 heavy (non-hydrogen) atoms. The Balaban J connectivity index is 1.46. The molecule has 1 N–H and O–H groups in total. The number of carbonyl (C=O) groups is 2. The Bertz CT molecular complexity index is 1240. The second kappa shape index (κ2) is 10.8. The highest BCUT2D eigenvalue weighted by Gasteiger charge is 2.39. The third kappa shape index (κ3) is 5.26. The van der Waals surface area contributed by atoms with E-state index in [0.29, 0.717) is 62.0 Å². The molecule has 0 aliphatic carbocycles. The first kappa shape index (κ1) is 26.5. The Labute approximate surface area is 217 Å². The molecule has 3 heterocycles. The SMILES string of the molecule is CCOC(=O)c1c(C)[nH]c(C)c1S(=O)(=O)N1CCCC(C(=O)N2CCN(c3cccc(Cl)c3)CC2)C1. The van der Waals surface area contributed by atoms with E-state index in [9.17, 15) is 18.0 Å². The van der Waals surface area contributed by atoms with Gasteiger partial charge in [0.05, 0.1) is 12.5 Å². The standard InChI is InChI=1S/C25H33ClN4O5S/c1-4-35-25(32)22-17(2)27-18(3)23(22)36(33,34)30-10-6-7-19(16-30)24(31)29-13-11-28(12-14-29)21-9-5-8-20(26)15-21/h5,8-9,15,19,27H,4,6-7,10-14,16H2,1-3H3. The summed E-state index contributed by atoms with van der Waals surface area (Å²) < 4.78 is 33.8. The van der Waals surface area contributed by atoms with Gasteiger partial charge in [0.25, 0.3) is 0 Å². The van der Waals surface area contributed by atoms with Gasteiger partial charge in [0.2, 0.25) is 15.9 Å². The van der Waals surface area contributed by atoms with Gasteiger partial charge in [0, 0.05) is 61.4 Å². The Morgan fingerprint density at radius 3 is 2.50 bits per heavy atom. The fourth-order valence-corrected chi connectivity index (χ4v) is 7.26. The van der Waals surface area contributed by atoms with Gasteiger partial charge in [-0.3, -0.25) is 4.79 Å². The molecule has 0 radical (unpaired) electrons. The summed E-state index contributed by atoms with van der Waals surface area (Å²) in [6, 6.07) is 7.66. The first-order valence-electron chi connectivity index (χ1n) is 12.3. The number of sulfonamides is 1. The normalized spacial score (nSPS) is 19.4. The summed E-state index contributed by atoms with van der Waals surface area (Å²) in [5.74, 6) is -1.11. The molecule has 196 valence electrons. The molecule has 1 aromatic carbocycles. The molecule has 1 aromatic heterocycles. The van der Waals surface area contributed by atoms with Crippen molar-refractivity contribution < 1.29 is 22.7 Å². The minimum atomic E-state index is -4.00. The molecule has 2 aromatic rings. The van der Waals surface area contributed by atoms with Crippen LogP contribution in [0.1, 0.15) is 41.5 Å². The highest BCUT2D eigenvalue weighted by atomic mass is 35.5. The zero-order chi connectivity index (χ0) is 26.0. The van der Waals surface area contributed by atoms with E-state index in [1.807, 2.05) is 29.2 Å². The van der Waals surface area contributed by atoms with Crippen LogP contribution in [0.25, 0.3) is 0 Å². The van der Waals surface area contributed by atoms with Crippen LogP contribution in [-0.4, -0.2) is 80.4 Å². The largest absolute Gasteiger partial charge is 0.462 e. The number of ether oxygens (including phenoxy) is 1. The molecule has 4 rings (SSSR count). The summed E-state index contributed by atoms with van der Waals surface area (Å²) in [4.78, 5) is 32.9. The molecule has 2 saturated heterocycles. The number of anilines is 1. The number of aromatic nitrogens is 1. The van der Waals surface area contributed by atoms with E-state index < -0.39 is 21.9 Å². The van der Waals surface area contributed by atoms with Crippen LogP contribution in [0.4, 0.5) is 5.69 Å².